The Morgan fingerprint density at radius 1 is 1.17 bits per heavy atom. The zero-order chi connectivity index (χ0) is 16.4. The van der Waals surface area contributed by atoms with Crippen LogP contribution in [0.2, 0.25) is 10.0 Å². The molecule has 7 heteroatoms. The van der Waals surface area contributed by atoms with Gasteiger partial charge in [-0.1, -0.05) is 41.4 Å². The van der Waals surface area contributed by atoms with Crippen molar-refractivity contribution in [2.75, 3.05) is 5.32 Å². The maximum atomic E-state index is 12.3. The van der Waals surface area contributed by atoms with Gasteiger partial charge in [0, 0.05) is 10.4 Å². The highest BCUT2D eigenvalue weighted by Gasteiger charge is 2.10. The Morgan fingerprint density at radius 3 is 2.78 bits per heavy atom. The van der Waals surface area contributed by atoms with Crippen molar-refractivity contribution in [3.05, 3.63) is 69.1 Å². The van der Waals surface area contributed by atoms with Gasteiger partial charge in [0.15, 0.2) is 0 Å². The molecule has 1 N–H and O–H groups in total. The first-order valence-electron chi connectivity index (χ1n) is 6.74. The van der Waals surface area contributed by atoms with Gasteiger partial charge in [0.05, 0.1) is 22.3 Å². The van der Waals surface area contributed by atoms with Crippen LogP contribution in [0.3, 0.4) is 0 Å². The molecule has 23 heavy (non-hydrogen) atoms. The molecule has 0 atom stereocenters. The molecule has 0 bridgehead atoms. The van der Waals surface area contributed by atoms with Crippen molar-refractivity contribution in [3.63, 3.8) is 0 Å². The van der Waals surface area contributed by atoms with Crippen LogP contribution < -0.4 is 10.9 Å². The third kappa shape index (κ3) is 3.36. The fraction of sp³-hybridized carbons (Fsp3) is 0.0625. The number of benzene rings is 2. The van der Waals surface area contributed by atoms with Gasteiger partial charge in [-0.05, 0) is 24.3 Å². The molecule has 0 aliphatic rings. The monoisotopic (exact) mass is 347 g/mol. The lowest BCUT2D eigenvalue weighted by Crippen LogP contribution is -2.29. The van der Waals surface area contributed by atoms with Crippen molar-refractivity contribution in [2.45, 2.75) is 6.54 Å². The van der Waals surface area contributed by atoms with Crippen molar-refractivity contribution < 1.29 is 4.79 Å². The predicted molar refractivity (Wildman–Crippen MR) is 91.1 cm³/mol. The number of rotatable bonds is 3. The number of halogens is 2. The van der Waals surface area contributed by atoms with Gasteiger partial charge < -0.3 is 5.32 Å². The Hall–Kier alpha value is -2.37. The van der Waals surface area contributed by atoms with E-state index in [1.165, 1.54) is 0 Å². The molecule has 0 aliphatic heterocycles. The summed E-state index contributed by atoms with van der Waals surface area (Å²) in [5.41, 5.74) is 0.0634. The molecule has 0 spiro atoms. The summed E-state index contributed by atoms with van der Waals surface area (Å²) < 4.78 is 1.11. The number of nitrogens with one attached hydrogen (secondary N) is 1. The van der Waals surface area contributed by atoms with E-state index in [4.69, 9.17) is 23.2 Å². The van der Waals surface area contributed by atoms with E-state index in [1.807, 2.05) is 6.07 Å². The normalized spacial score (nSPS) is 10.7. The fourth-order valence-electron chi connectivity index (χ4n) is 2.16. The van der Waals surface area contributed by atoms with E-state index in [0.717, 1.165) is 10.1 Å². The zero-order valence-corrected chi connectivity index (χ0v) is 13.3. The summed E-state index contributed by atoms with van der Waals surface area (Å²) >= 11 is 11.9. The third-order valence-corrected chi connectivity index (χ3v) is 3.82. The molecule has 0 unspecified atom stereocenters. The molecule has 0 radical (unpaired) electrons. The number of aromatic nitrogens is 2. The highest BCUT2D eigenvalue weighted by Crippen LogP contribution is 2.25. The number of nitrogens with zero attached hydrogens (tertiary/aromatic N) is 2. The first kappa shape index (κ1) is 15.5. The van der Waals surface area contributed by atoms with E-state index < -0.39 is 5.91 Å². The minimum absolute atomic E-state index is 0.216. The van der Waals surface area contributed by atoms with Crippen LogP contribution in [0.4, 0.5) is 5.69 Å². The molecule has 1 heterocycles. The van der Waals surface area contributed by atoms with Crippen molar-refractivity contribution in [2.24, 2.45) is 0 Å². The van der Waals surface area contributed by atoms with Gasteiger partial charge in [0.1, 0.15) is 6.54 Å². The van der Waals surface area contributed by atoms with Gasteiger partial charge in [-0.25, -0.2) is 4.68 Å². The van der Waals surface area contributed by atoms with Crippen molar-refractivity contribution >= 4 is 45.6 Å². The van der Waals surface area contributed by atoms with Gasteiger partial charge >= 0.3 is 0 Å². The number of carbonyl (C=O) groups is 1. The van der Waals surface area contributed by atoms with E-state index >= 15 is 0 Å². The second-order valence-electron chi connectivity index (χ2n) is 4.87. The minimum atomic E-state index is -0.418. The summed E-state index contributed by atoms with van der Waals surface area (Å²) in [4.78, 5) is 24.4. The Morgan fingerprint density at radius 2 is 1.96 bits per heavy atom. The standard InChI is InChI=1S/C16H11Cl2N3O2/c17-11-5-6-13(18)14(7-11)20-15(22)9-21-16(23)12-4-2-1-3-10(12)8-19-21/h1-8H,9H2,(H,20,22). The number of amides is 1. The van der Waals surface area contributed by atoms with Gasteiger partial charge in [0.25, 0.3) is 5.56 Å². The average Bonchev–Trinajstić information content (AvgIpc) is 2.54. The van der Waals surface area contributed by atoms with E-state index in [1.54, 1.807) is 42.6 Å². The number of hydrogen-bond donors (Lipinski definition) is 1. The lowest BCUT2D eigenvalue weighted by molar-refractivity contribution is -0.117. The number of hydrogen-bond acceptors (Lipinski definition) is 3. The lowest BCUT2D eigenvalue weighted by atomic mass is 10.2. The summed E-state index contributed by atoms with van der Waals surface area (Å²) in [6.07, 6.45) is 1.55. The third-order valence-electron chi connectivity index (χ3n) is 3.26. The molecule has 0 fully saturated rings. The fourth-order valence-corrected chi connectivity index (χ4v) is 2.50. The van der Waals surface area contributed by atoms with Crippen LogP contribution in [0.25, 0.3) is 10.8 Å². The summed E-state index contributed by atoms with van der Waals surface area (Å²) in [5.74, 6) is -0.418. The average molecular weight is 348 g/mol. The highest BCUT2D eigenvalue weighted by atomic mass is 35.5. The first-order chi connectivity index (χ1) is 11.0. The van der Waals surface area contributed by atoms with Crippen LogP contribution in [-0.2, 0) is 11.3 Å². The summed E-state index contributed by atoms with van der Waals surface area (Å²) in [6, 6.07) is 11.8. The zero-order valence-electron chi connectivity index (χ0n) is 11.8. The predicted octanol–water partition coefficient (Wildman–Crippen LogP) is 3.34. The van der Waals surface area contributed by atoms with Crippen LogP contribution in [0.5, 0.6) is 0 Å². The van der Waals surface area contributed by atoms with Crippen molar-refractivity contribution in [1.82, 2.24) is 9.78 Å². The Labute approximate surface area is 141 Å². The molecule has 5 nitrogen and oxygen atoms in total. The molecule has 0 saturated heterocycles. The smallest absolute Gasteiger partial charge is 0.275 e. The van der Waals surface area contributed by atoms with E-state index in [-0.39, 0.29) is 12.1 Å². The molecule has 0 saturated carbocycles. The van der Waals surface area contributed by atoms with Crippen LogP contribution in [-0.4, -0.2) is 15.7 Å². The summed E-state index contributed by atoms with van der Waals surface area (Å²) in [6.45, 7) is -0.216. The van der Waals surface area contributed by atoms with Crippen molar-refractivity contribution in [1.29, 1.82) is 0 Å². The van der Waals surface area contributed by atoms with Crippen LogP contribution in [0, 0.1) is 0 Å². The molecular weight excluding hydrogens is 337 g/mol. The maximum absolute atomic E-state index is 12.3. The topological polar surface area (TPSA) is 64.0 Å². The summed E-state index contributed by atoms with van der Waals surface area (Å²) in [5, 5.41) is 8.68. The Bertz CT molecular complexity index is 953. The van der Waals surface area contributed by atoms with E-state index in [0.29, 0.717) is 21.1 Å². The molecule has 116 valence electrons. The van der Waals surface area contributed by atoms with Gasteiger partial charge in [-0.15, -0.1) is 0 Å². The van der Waals surface area contributed by atoms with Crippen molar-refractivity contribution in [3.8, 4) is 0 Å². The van der Waals surface area contributed by atoms with E-state index in [9.17, 15) is 9.59 Å². The summed E-state index contributed by atoms with van der Waals surface area (Å²) in [7, 11) is 0. The Balaban J connectivity index is 1.84. The SMILES string of the molecule is O=C(Cn1ncc2ccccc2c1=O)Nc1cc(Cl)ccc1Cl. The molecular formula is C16H11Cl2N3O2. The van der Waals surface area contributed by atoms with Gasteiger partial charge in [-0.2, -0.15) is 5.10 Å². The largest absolute Gasteiger partial charge is 0.323 e. The number of fused-ring (bicyclic) bond motifs is 1. The van der Waals surface area contributed by atoms with E-state index in [2.05, 4.69) is 10.4 Å². The minimum Gasteiger partial charge on any atom is -0.323 e. The maximum Gasteiger partial charge on any atom is 0.275 e. The van der Waals surface area contributed by atoms with Gasteiger partial charge in [-0.3, -0.25) is 9.59 Å². The highest BCUT2D eigenvalue weighted by molar-refractivity contribution is 6.35. The second kappa shape index (κ2) is 6.40. The second-order valence-corrected chi connectivity index (χ2v) is 5.71. The van der Waals surface area contributed by atoms with Crippen LogP contribution in [0.15, 0.2) is 53.5 Å². The van der Waals surface area contributed by atoms with Crippen LogP contribution in [0.1, 0.15) is 0 Å². The number of carbonyl (C=O) groups excluding carboxylic acids is 1. The van der Waals surface area contributed by atoms with Crippen LogP contribution >= 0.6 is 23.2 Å². The lowest BCUT2D eigenvalue weighted by Gasteiger charge is -2.09. The Kier molecular flexibility index (Phi) is 4.32. The quantitative estimate of drug-likeness (QED) is 0.790. The molecule has 2 aromatic carbocycles. The van der Waals surface area contributed by atoms with Gasteiger partial charge in [0.2, 0.25) is 5.91 Å². The molecule has 1 aromatic heterocycles. The molecule has 0 aliphatic carbocycles. The molecule has 3 aromatic rings. The molecule has 3 rings (SSSR count). The molecule has 1 amide bonds. The number of anilines is 1. The first-order valence-corrected chi connectivity index (χ1v) is 7.50.